The molecule has 0 bridgehead atoms. The van der Waals surface area contributed by atoms with Crippen LogP contribution in [-0.2, 0) is 0 Å². The molecular weight excluding hydrogens is 242 g/mol. The number of benzene rings is 1. The summed E-state index contributed by atoms with van der Waals surface area (Å²) in [6, 6.07) is 12.2. The number of thiophene rings is 1. The van der Waals surface area contributed by atoms with Crippen LogP contribution in [0.3, 0.4) is 0 Å². The molecule has 0 fully saturated rings. The number of rotatable bonds is 4. The highest BCUT2D eigenvalue weighted by Gasteiger charge is 2.15. The summed E-state index contributed by atoms with van der Waals surface area (Å²) in [5.74, 6) is 0.0261. The summed E-state index contributed by atoms with van der Waals surface area (Å²) >= 11 is 1.49. The first-order valence-corrected chi connectivity index (χ1v) is 7.04. The van der Waals surface area contributed by atoms with Crippen molar-refractivity contribution in [1.82, 2.24) is 5.32 Å². The second-order valence-electron chi connectivity index (χ2n) is 4.31. The van der Waals surface area contributed by atoms with Crippen molar-refractivity contribution in [3.8, 4) is 11.1 Å². The first kappa shape index (κ1) is 12.8. The second-order valence-corrected chi connectivity index (χ2v) is 5.23. The van der Waals surface area contributed by atoms with Crippen molar-refractivity contribution in [3.63, 3.8) is 0 Å². The third kappa shape index (κ3) is 2.79. The first-order chi connectivity index (χ1) is 8.72. The van der Waals surface area contributed by atoms with E-state index in [0.29, 0.717) is 0 Å². The smallest absolute Gasteiger partial charge is 0.262 e. The second kappa shape index (κ2) is 5.83. The highest BCUT2D eigenvalue weighted by Crippen LogP contribution is 2.28. The van der Waals surface area contributed by atoms with E-state index in [2.05, 4.69) is 12.2 Å². The highest BCUT2D eigenvalue weighted by atomic mass is 32.1. The van der Waals surface area contributed by atoms with Crippen molar-refractivity contribution in [2.24, 2.45) is 0 Å². The molecule has 2 aromatic rings. The molecule has 0 aliphatic carbocycles. The van der Waals surface area contributed by atoms with Crippen molar-refractivity contribution in [2.75, 3.05) is 0 Å². The molecule has 3 heteroatoms. The Bertz CT molecular complexity index is 518. The number of carbonyl (C=O) groups excluding carboxylic acids is 1. The van der Waals surface area contributed by atoms with Crippen molar-refractivity contribution < 1.29 is 4.79 Å². The molecule has 1 atom stereocenters. The lowest BCUT2D eigenvalue weighted by Crippen LogP contribution is -2.31. The highest BCUT2D eigenvalue weighted by molar-refractivity contribution is 7.12. The molecule has 1 aromatic carbocycles. The van der Waals surface area contributed by atoms with E-state index < -0.39 is 0 Å². The van der Waals surface area contributed by atoms with E-state index in [-0.39, 0.29) is 11.9 Å². The summed E-state index contributed by atoms with van der Waals surface area (Å²) in [4.78, 5) is 13.0. The normalized spacial score (nSPS) is 12.1. The Morgan fingerprint density at radius 1 is 1.28 bits per heavy atom. The van der Waals surface area contributed by atoms with Crippen LogP contribution in [0.1, 0.15) is 29.9 Å². The molecule has 1 N–H and O–H groups in total. The monoisotopic (exact) mass is 259 g/mol. The lowest BCUT2D eigenvalue weighted by Gasteiger charge is -2.11. The van der Waals surface area contributed by atoms with E-state index in [1.54, 1.807) is 0 Å². The van der Waals surface area contributed by atoms with Crippen molar-refractivity contribution in [3.05, 3.63) is 46.7 Å². The fraction of sp³-hybridized carbons (Fsp3) is 0.267. The van der Waals surface area contributed by atoms with Gasteiger partial charge in [0.15, 0.2) is 0 Å². The van der Waals surface area contributed by atoms with Gasteiger partial charge in [-0.3, -0.25) is 4.79 Å². The SMILES string of the molecule is CC[C@@H](C)NC(=O)c1sccc1-c1ccccc1. The Labute approximate surface area is 112 Å². The quantitative estimate of drug-likeness (QED) is 0.885. The van der Waals surface area contributed by atoms with E-state index in [1.165, 1.54) is 11.3 Å². The molecule has 0 saturated heterocycles. The molecule has 1 amide bonds. The maximum atomic E-state index is 12.2. The van der Waals surface area contributed by atoms with Crippen LogP contribution in [0.4, 0.5) is 0 Å². The van der Waals surface area contributed by atoms with Crippen molar-refractivity contribution in [2.45, 2.75) is 26.3 Å². The maximum absolute atomic E-state index is 12.2. The molecule has 0 aliphatic rings. The topological polar surface area (TPSA) is 29.1 Å². The molecule has 0 spiro atoms. The molecule has 0 unspecified atom stereocenters. The Kier molecular flexibility index (Phi) is 4.15. The Balaban J connectivity index is 2.26. The number of hydrogen-bond acceptors (Lipinski definition) is 2. The average molecular weight is 259 g/mol. The molecule has 0 saturated carbocycles. The standard InChI is InChI=1S/C15H17NOS/c1-3-11(2)16-15(17)14-13(9-10-18-14)12-7-5-4-6-8-12/h4-11H,3H2,1-2H3,(H,16,17)/t11-/m1/s1. The molecular formula is C15H17NOS. The zero-order valence-electron chi connectivity index (χ0n) is 10.6. The largest absolute Gasteiger partial charge is 0.349 e. The summed E-state index contributed by atoms with van der Waals surface area (Å²) in [6.45, 7) is 4.09. The zero-order chi connectivity index (χ0) is 13.0. The van der Waals surface area contributed by atoms with Crippen LogP contribution in [0.15, 0.2) is 41.8 Å². The number of amides is 1. The minimum Gasteiger partial charge on any atom is -0.349 e. The Hall–Kier alpha value is -1.61. The number of hydrogen-bond donors (Lipinski definition) is 1. The fourth-order valence-electron chi connectivity index (χ4n) is 1.72. The first-order valence-electron chi connectivity index (χ1n) is 6.16. The molecule has 94 valence electrons. The van der Waals surface area contributed by atoms with Gasteiger partial charge in [0.2, 0.25) is 0 Å². The van der Waals surface area contributed by atoms with Gasteiger partial charge in [-0.15, -0.1) is 11.3 Å². The average Bonchev–Trinajstić information content (AvgIpc) is 2.88. The third-order valence-corrected chi connectivity index (χ3v) is 3.86. The lowest BCUT2D eigenvalue weighted by atomic mass is 10.1. The van der Waals surface area contributed by atoms with Gasteiger partial charge in [-0.1, -0.05) is 37.3 Å². The van der Waals surface area contributed by atoms with E-state index >= 15 is 0 Å². The molecule has 0 aliphatic heterocycles. The van der Waals surface area contributed by atoms with Gasteiger partial charge in [0, 0.05) is 11.6 Å². The van der Waals surface area contributed by atoms with Gasteiger partial charge < -0.3 is 5.32 Å². The van der Waals surface area contributed by atoms with E-state index in [0.717, 1.165) is 22.4 Å². The maximum Gasteiger partial charge on any atom is 0.262 e. The van der Waals surface area contributed by atoms with Crippen LogP contribution in [0.2, 0.25) is 0 Å². The zero-order valence-corrected chi connectivity index (χ0v) is 11.5. The predicted octanol–water partition coefficient (Wildman–Crippen LogP) is 3.94. The Morgan fingerprint density at radius 3 is 2.67 bits per heavy atom. The van der Waals surface area contributed by atoms with Crippen LogP contribution in [-0.4, -0.2) is 11.9 Å². The molecule has 2 nitrogen and oxygen atoms in total. The van der Waals surface area contributed by atoms with Crippen LogP contribution in [0.5, 0.6) is 0 Å². The van der Waals surface area contributed by atoms with Gasteiger partial charge in [0.25, 0.3) is 5.91 Å². The van der Waals surface area contributed by atoms with E-state index in [4.69, 9.17) is 0 Å². The van der Waals surface area contributed by atoms with E-state index in [9.17, 15) is 4.79 Å². The molecule has 2 rings (SSSR count). The van der Waals surface area contributed by atoms with Crippen molar-refractivity contribution >= 4 is 17.2 Å². The minimum absolute atomic E-state index is 0.0261. The summed E-state index contributed by atoms with van der Waals surface area (Å²) < 4.78 is 0. The molecule has 1 aromatic heterocycles. The van der Waals surface area contributed by atoms with Gasteiger partial charge in [-0.2, -0.15) is 0 Å². The van der Waals surface area contributed by atoms with Crippen LogP contribution in [0, 0.1) is 0 Å². The molecule has 0 radical (unpaired) electrons. The minimum atomic E-state index is 0.0261. The van der Waals surface area contributed by atoms with Crippen LogP contribution >= 0.6 is 11.3 Å². The van der Waals surface area contributed by atoms with Crippen molar-refractivity contribution in [1.29, 1.82) is 0 Å². The number of carbonyl (C=O) groups is 1. The van der Waals surface area contributed by atoms with Crippen LogP contribution < -0.4 is 5.32 Å². The lowest BCUT2D eigenvalue weighted by molar-refractivity contribution is 0.0944. The molecule has 18 heavy (non-hydrogen) atoms. The van der Waals surface area contributed by atoms with Gasteiger partial charge >= 0.3 is 0 Å². The summed E-state index contributed by atoms with van der Waals surface area (Å²) in [7, 11) is 0. The van der Waals surface area contributed by atoms with E-state index in [1.807, 2.05) is 48.7 Å². The summed E-state index contributed by atoms with van der Waals surface area (Å²) in [6.07, 6.45) is 0.942. The van der Waals surface area contributed by atoms with Crippen LogP contribution in [0.25, 0.3) is 11.1 Å². The fourth-order valence-corrected chi connectivity index (χ4v) is 2.54. The molecule has 1 heterocycles. The van der Waals surface area contributed by atoms with Gasteiger partial charge in [-0.25, -0.2) is 0 Å². The summed E-state index contributed by atoms with van der Waals surface area (Å²) in [5, 5.41) is 4.98. The Morgan fingerprint density at radius 2 is 2.00 bits per heavy atom. The predicted molar refractivity (Wildman–Crippen MR) is 77.0 cm³/mol. The summed E-state index contributed by atoms with van der Waals surface area (Å²) in [5.41, 5.74) is 2.11. The third-order valence-electron chi connectivity index (χ3n) is 2.95. The number of nitrogens with one attached hydrogen (secondary N) is 1. The van der Waals surface area contributed by atoms with Gasteiger partial charge in [0.1, 0.15) is 0 Å². The van der Waals surface area contributed by atoms with Gasteiger partial charge in [0.05, 0.1) is 4.88 Å². The van der Waals surface area contributed by atoms with Gasteiger partial charge in [-0.05, 0) is 30.4 Å².